The van der Waals surface area contributed by atoms with Gasteiger partial charge in [-0.2, -0.15) is 0 Å². The van der Waals surface area contributed by atoms with Crippen molar-refractivity contribution in [1.29, 1.82) is 0 Å². The van der Waals surface area contributed by atoms with Gasteiger partial charge in [-0.3, -0.25) is 0 Å². The molecule has 1 N–H and O–H groups in total. The van der Waals surface area contributed by atoms with Gasteiger partial charge in [-0.25, -0.2) is 0 Å². The van der Waals surface area contributed by atoms with Gasteiger partial charge < -0.3 is 9.29 Å². The van der Waals surface area contributed by atoms with Crippen LogP contribution in [-0.4, -0.2) is 12.2 Å². The fourth-order valence-corrected chi connectivity index (χ4v) is 1.22. The fraction of sp³-hybridized carbons (Fsp3) is 0.125. The standard InChI is InChI=1S/C8H9O2S/c1-6-5-7(11-10-2)3-4-8(6)9/h3-5,9H,1H2,2H3. The molecule has 59 valence electrons. The van der Waals surface area contributed by atoms with E-state index in [4.69, 9.17) is 9.29 Å². The zero-order valence-electron chi connectivity index (χ0n) is 6.20. The van der Waals surface area contributed by atoms with Crippen molar-refractivity contribution in [3.05, 3.63) is 30.7 Å². The number of benzene rings is 1. The lowest BCUT2D eigenvalue weighted by Gasteiger charge is -2.00. The third-order valence-corrected chi connectivity index (χ3v) is 1.84. The average Bonchev–Trinajstić information content (AvgIpc) is 1.98. The van der Waals surface area contributed by atoms with E-state index >= 15 is 0 Å². The molecule has 0 saturated heterocycles. The minimum Gasteiger partial charge on any atom is -0.508 e. The molecule has 0 aliphatic rings. The summed E-state index contributed by atoms with van der Waals surface area (Å²) in [6.45, 7) is 3.64. The van der Waals surface area contributed by atoms with E-state index < -0.39 is 0 Å². The second-order valence-electron chi connectivity index (χ2n) is 2.04. The highest BCUT2D eigenvalue weighted by Gasteiger charge is 1.97. The molecule has 1 aromatic rings. The molecule has 1 radical (unpaired) electrons. The molecular weight excluding hydrogens is 160 g/mol. The summed E-state index contributed by atoms with van der Waals surface area (Å²) in [5, 5.41) is 9.10. The maximum atomic E-state index is 9.10. The molecule has 0 aromatic heterocycles. The van der Waals surface area contributed by atoms with Crippen LogP contribution in [0.1, 0.15) is 5.56 Å². The Morgan fingerprint density at radius 1 is 1.55 bits per heavy atom. The maximum absolute atomic E-state index is 9.10. The molecule has 0 spiro atoms. The first-order chi connectivity index (χ1) is 5.24. The van der Waals surface area contributed by atoms with Gasteiger partial charge in [-0.15, -0.1) is 0 Å². The molecule has 1 rings (SSSR count). The summed E-state index contributed by atoms with van der Waals surface area (Å²) < 4.78 is 4.83. The fourth-order valence-electron chi connectivity index (χ4n) is 0.710. The Bertz CT molecular complexity index is 248. The monoisotopic (exact) mass is 169 g/mol. The number of rotatable bonds is 2. The van der Waals surface area contributed by atoms with Gasteiger partial charge in [0.25, 0.3) is 0 Å². The summed E-state index contributed by atoms with van der Waals surface area (Å²) in [5.74, 6) is 0.213. The first-order valence-corrected chi connectivity index (χ1v) is 3.84. The van der Waals surface area contributed by atoms with Crippen molar-refractivity contribution in [2.75, 3.05) is 7.11 Å². The van der Waals surface area contributed by atoms with Crippen LogP contribution in [0, 0.1) is 6.92 Å². The molecule has 0 fully saturated rings. The summed E-state index contributed by atoms with van der Waals surface area (Å²) in [4.78, 5) is 0.940. The normalized spacial score (nSPS) is 10.0. The lowest BCUT2D eigenvalue weighted by atomic mass is 10.2. The predicted molar refractivity (Wildman–Crippen MR) is 45.4 cm³/mol. The van der Waals surface area contributed by atoms with E-state index in [2.05, 4.69) is 6.92 Å². The van der Waals surface area contributed by atoms with Crippen LogP contribution in [-0.2, 0) is 4.18 Å². The van der Waals surface area contributed by atoms with Crippen LogP contribution in [0.15, 0.2) is 23.1 Å². The van der Waals surface area contributed by atoms with Crippen LogP contribution in [0.2, 0.25) is 0 Å². The Morgan fingerprint density at radius 3 is 2.82 bits per heavy atom. The van der Waals surface area contributed by atoms with Crippen molar-refractivity contribution in [2.45, 2.75) is 4.90 Å². The number of hydrogen-bond acceptors (Lipinski definition) is 3. The van der Waals surface area contributed by atoms with Crippen LogP contribution >= 0.6 is 12.0 Å². The molecule has 11 heavy (non-hydrogen) atoms. The van der Waals surface area contributed by atoms with Crippen LogP contribution in [0.5, 0.6) is 5.75 Å². The highest BCUT2D eigenvalue weighted by Crippen LogP contribution is 2.24. The molecule has 3 heteroatoms. The van der Waals surface area contributed by atoms with Gasteiger partial charge >= 0.3 is 0 Å². The van der Waals surface area contributed by atoms with E-state index in [-0.39, 0.29) is 5.75 Å². The minimum atomic E-state index is 0.213. The van der Waals surface area contributed by atoms with E-state index in [9.17, 15) is 0 Å². The first-order valence-electron chi connectivity index (χ1n) is 3.09. The average molecular weight is 169 g/mol. The van der Waals surface area contributed by atoms with E-state index in [1.165, 1.54) is 12.0 Å². The Kier molecular flexibility index (Phi) is 2.79. The number of hydrogen-bond donors (Lipinski definition) is 1. The second kappa shape index (κ2) is 3.64. The molecule has 0 amide bonds. The van der Waals surface area contributed by atoms with Gasteiger partial charge in [0.1, 0.15) is 5.75 Å². The summed E-state index contributed by atoms with van der Waals surface area (Å²) >= 11 is 1.25. The van der Waals surface area contributed by atoms with Crippen molar-refractivity contribution in [3.8, 4) is 5.75 Å². The Hall–Kier alpha value is -0.670. The predicted octanol–water partition coefficient (Wildman–Crippen LogP) is 2.23. The second-order valence-corrected chi connectivity index (χ2v) is 3.01. The topological polar surface area (TPSA) is 29.5 Å². The lowest BCUT2D eigenvalue weighted by molar-refractivity contribution is 0.472. The number of phenolic OH excluding ortho intramolecular Hbond substituents is 1. The van der Waals surface area contributed by atoms with E-state index in [0.29, 0.717) is 5.56 Å². The van der Waals surface area contributed by atoms with E-state index in [1.807, 2.05) is 0 Å². The zero-order chi connectivity index (χ0) is 8.27. The largest absolute Gasteiger partial charge is 0.508 e. The van der Waals surface area contributed by atoms with Crippen LogP contribution in [0.4, 0.5) is 0 Å². The highest BCUT2D eigenvalue weighted by atomic mass is 32.2. The first kappa shape index (κ1) is 8.43. The zero-order valence-corrected chi connectivity index (χ0v) is 7.02. The van der Waals surface area contributed by atoms with Crippen LogP contribution in [0.25, 0.3) is 0 Å². The third kappa shape index (κ3) is 2.13. The molecule has 1 aromatic carbocycles. The Balaban J connectivity index is 2.86. The molecule has 0 heterocycles. The van der Waals surface area contributed by atoms with E-state index in [0.717, 1.165) is 4.90 Å². The quantitative estimate of drug-likeness (QED) is 0.688. The molecule has 0 bridgehead atoms. The van der Waals surface area contributed by atoms with Crippen molar-refractivity contribution in [2.24, 2.45) is 0 Å². The highest BCUT2D eigenvalue weighted by molar-refractivity contribution is 7.94. The number of phenols is 1. The van der Waals surface area contributed by atoms with Crippen molar-refractivity contribution >= 4 is 12.0 Å². The van der Waals surface area contributed by atoms with Crippen molar-refractivity contribution in [1.82, 2.24) is 0 Å². The van der Waals surface area contributed by atoms with Gasteiger partial charge in [0, 0.05) is 16.9 Å². The van der Waals surface area contributed by atoms with Gasteiger partial charge in [0.15, 0.2) is 0 Å². The van der Waals surface area contributed by atoms with Crippen molar-refractivity contribution in [3.63, 3.8) is 0 Å². The van der Waals surface area contributed by atoms with Crippen LogP contribution < -0.4 is 0 Å². The summed E-state index contributed by atoms with van der Waals surface area (Å²) in [5.41, 5.74) is 0.618. The summed E-state index contributed by atoms with van der Waals surface area (Å²) in [6, 6.07) is 5.14. The van der Waals surface area contributed by atoms with Crippen LogP contribution in [0.3, 0.4) is 0 Å². The van der Waals surface area contributed by atoms with Gasteiger partial charge in [-0.05, 0) is 30.7 Å². The molecule has 0 aliphatic carbocycles. The molecule has 0 atom stereocenters. The van der Waals surface area contributed by atoms with E-state index in [1.54, 1.807) is 25.3 Å². The SMILES string of the molecule is [CH2]c1cc(SOC)ccc1O. The molecule has 2 nitrogen and oxygen atoms in total. The molecule has 0 unspecified atom stereocenters. The summed E-state index contributed by atoms with van der Waals surface area (Å²) in [7, 11) is 1.60. The van der Waals surface area contributed by atoms with Gasteiger partial charge in [0.05, 0.1) is 7.11 Å². The van der Waals surface area contributed by atoms with Crippen molar-refractivity contribution < 1.29 is 9.29 Å². The van der Waals surface area contributed by atoms with Gasteiger partial charge in [0.2, 0.25) is 0 Å². The molecular formula is C8H9O2S. The van der Waals surface area contributed by atoms with Gasteiger partial charge in [-0.1, -0.05) is 0 Å². The smallest absolute Gasteiger partial charge is 0.118 e. The Labute approximate surface area is 70.4 Å². The Morgan fingerprint density at radius 2 is 2.27 bits per heavy atom. The number of aromatic hydroxyl groups is 1. The lowest BCUT2D eigenvalue weighted by Crippen LogP contribution is -1.76. The molecule has 0 saturated carbocycles. The minimum absolute atomic E-state index is 0.213. The summed E-state index contributed by atoms with van der Waals surface area (Å²) in [6.07, 6.45) is 0. The molecule has 0 aliphatic heterocycles. The maximum Gasteiger partial charge on any atom is 0.118 e. The third-order valence-electron chi connectivity index (χ3n) is 1.23.